The molecule has 0 N–H and O–H groups in total. The molecule has 48 heavy (non-hydrogen) atoms. The van der Waals surface area contributed by atoms with Crippen LogP contribution in [0, 0.1) is 0 Å². The molecule has 0 atom stereocenters. The molecule has 7 aromatic carbocycles. The van der Waals surface area contributed by atoms with Crippen molar-refractivity contribution in [2.24, 2.45) is 0 Å². The fraction of sp³-hybridized carbons (Fsp3) is 0. The Hall–Kier alpha value is -6.10. The maximum absolute atomic E-state index is 5.29. The number of para-hydroxylation sites is 4. The van der Waals surface area contributed by atoms with Crippen molar-refractivity contribution < 1.29 is 0 Å². The van der Waals surface area contributed by atoms with E-state index < -0.39 is 0 Å². The number of pyridine rings is 1. The zero-order valence-corrected chi connectivity index (χ0v) is 26.7. The van der Waals surface area contributed by atoms with Gasteiger partial charge in [-0.05, 0) is 59.7 Å². The minimum Gasteiger partial charge on any atom is -0.292 e. The number of aromatic nitrogens is 3. The van der Waals surface area contributed by atoms with Gasteiger partial charge in [0.15, 0.2) is 0 Å². The monoisotopic (exact) mass is 629 g/mol. The molecule has 0 saturated carbocycles. The van der Waals surface area contributed by atoms with Crippen LogP contribution in [0.4, 0.5) is 0 Å². The van der Waals surface area contributed by atoms with Crippen LogP contribution < -0.4 is 0 Å². The van der Waals surface area contributed by atoms with Gasteiger partial charge in [-0.1, -0.05) is 115 Å². The second-order valence-corrected chi connectivity index (χ2v) is 13.3. The molecular formula is C44H27N3S. The zero-order valence-electron chi connectivity index (χ0n) is 25.8. The average Bonchev–Trinajstić information content (AvgIpc) is 3.74. The van der Waals surface area contributed by atoms with E-state index in [-0.39, 0.29) is 0 Å². The van der Waals surface area contributed by atoms with E-state index in [4.69, 9.17) is 9.97 Å². The molecule has 0 radical (unpaired) electrons. The molecule has 0 aliphatic rings. The number of nitrogens with zero attached hydrogens (tertiary/aromatic N) is 3. The molecule has 0 bridgehead atoms. The third-order valence-corrected chi connectivity index (χ3v) is 10.5. The Morgan fingerprint density at radius 3 is 2.00 bits per heavy atom. The van der Waals surface area contributed by atoms with E-state index in [2.05, 4.69) is 156 Å². The van der Waals surface area contributed by atoms with E-state index in [1.807, 2.05) is 23.5 Å². The summed E-state index contributed by atoms with van der Waals surface area (Å²) in [5.41, 5.74) is 9.69. The normalized spacial score (nSPS) is 11.8. The van der Waals surface area contributed by atoms with E-state index >= 15 is 0 Å². The summed E-state index contributed by atoms with van der Waals surface area (Å²) in [5.74, 6) is 0.932. The molecular weight excluding hydrogens is 603 g/mol. The van der Waals surface area contributed by atoms with Gasteiger partial charge in [0.05, 0.1) is 22.2 Å². The van der Waals surface area contributed by atoms with Gasteiger partial charge in [-0.25, -0.2) is 9.97 Å². The van der Waals surface area contributed by atoms with Crippen molar-refractivity contribution >= 4 is 64.2 Å². The molecule has 3 nitrogen and oxygen atoms in total. The molecule has 0 fully saturated rings. The van der Waals surface area contributed by atoms with Gasteiger partial charge in [0.2, 0.25) is 0 Å². The summed E-state index contributed by atoms with van der Waals surface area (Å²) in [6.45, 7) is 0. The van der Waals surface area contributed by atoms with Crippen molar-refractivity contribution in [1.82, 2.24) is 14.5 Å². The van der Waals surface area contributed by atoms with Crippen LogP contribution in [-0.4, -0.2) is 14.5 Å². The Balaban J connectivity index is 1.11. The fourth-order valence-corrected chi connectivity index (χ4v) is 8.31. The van der Waals surface area contributed by atoms with Crippen molar-refractivity contribution in [3.05, 3.63) is 164 Å². The number of benzene rings is 7. The highest BCUT2D eigenvalue weighted by Gasteiger charge is 2.17. The Kier molecular flexibility index (Phi) is 6.05. The molecule has 10 rings (SSSR count). The Morgan fingerprint density at radius 2 is 1.12 bits per heavy atom. The standard InChI is InChI=1S/C44H27N3S/c1-2-13-32(14-3-1)47-38-19-8-7-18-37(38)46-44(47)29-23-21-28(22-24-29)30-11-10-12-31(27-30)43-35-25-26-40-42(34-16-5-9-20-39(34)48-40)41(35)33-15-4-6-17-36(33)45-43/h1-27H. The van der Waals surface area contributed by atoms with Crippen LogP contribution in [-0.2, 0) is 0 Å². The Labute approximate surface area is 281 Å². The maximum atomic E-state index is 5.29. The van der Waals surface area contributed by atoms with E-state index in [1.165, 1.54) is 36.3 Å². The van der Waals surface area contributed by atoms with E-state index in [0.717, 1.165) is 56.0 Å². The minimum absolute atomic E-state index is 0.932. The summed E-state index contributed by atoms with van der Waals surface area (Å²) in [6.07, 6.45) is 0. The highest BCUT2D eigenvalue weighted by atomic mass is 32.1. The number of thiophene rings is 1. The third kappa shape index (κ3) is 4.20. The van der Waals surface area contributed by atoms with Crippen LogP contribution in [0.2, 0.25) is 0 Å². The molecule has 4 heteroatoms. The van der Waals surface area contributed by atoms with Gasteiger partial charge in [0, 0.05) is 53.1 Å². The number of imidazole rings is 1. The van der Waals surface area contributed by atoms with Gasteiger partial charge >= 0.3 is 0 Å². The van der Waals surface area contributed by atoms with Gasteiger partial charge in [-0.2, -0.15) is 0 Å². The van der Waals surface area contributed by atoms with Crippen LogP contribution in [0.5, 0.6) is 0 Å². The number of hydrogen-bond donors (Lipinski definition) is 0. The molecule has 224 valence electrons. The lowest BCUT2D eigenvalue weighted by Crippen LogP contribution is -1.97. The lowest BCUT2D eigenvalue weighted by molar-refractivity contribution is 1.10. The topological polar surface area (TPSA) is 30.7 Å². The minimum atomic E-state index is 0.932. The third-order valence-electron chi connectivity index (χ3n) is 9.39. The lowest BCUT2D eigenvalue weighted by Gasteiger charge is -2.13. The molecule has 0 unspecified atom stereocenters. The highest BCUT2D eigenvalue weighted by molar-refractivity contribution is 7.26. The van der Waals surface area contributed by atoms with Crippen molar-refractivity contribution in [2.45, 2.75) is 0 Å². The first-order chi connectivity index (χ1) is 23.8. The summed E-state index contributed by atoms with van der Waals surface area (Å²) >= 11 is 1.86. The second-order valence-electron chi connectivity index (χ2n) is 12.2. The van der Waals surface area contributed by atoms with Gasteiger partial charge in [-0.3, -0.25) is 4.57 Å². The molecule has 0 aliphatic heterocycles. The van der Waals surface area contributed by atoms with Crippen LogP contribution in [0.25, 0.3) is 92.3 Å². The molecule has 10 aromatic rings. The van der Waals surface area contributed by atoms with Crippen molar-refractivity contribution in [3.8, 4) is 39.5 Å². The first-order valence-electron chi connectivity index (χ1n) is 16.2. The first kappa shape index (κ1) is 27.1. The SMILES string of the molecule is c1ccc(-n2c(-c3ccc(-c4cccc(-c5nc6ccccc6c6c5ccc5sc7ccccc7c56)c4)cc3)nc3ccccc32)cc1. The summed E-state index contributed by atoms with van der Waals surface area (Å²) < 4.78 is 4.86. The predicted octanol–water partition coefficient (Wildman–Crippen LogP) is 12.1. The van der Waals surface area contributed by atoms with E-state index in [1.54, 1.807) is 0 Å². The first-order valence-corrected chi connectivity index (χ1v) is 17.0. The van der Waals surface area contributed by atoms with Gasteiger partial charge in [0.25, 0.3) is 0 Å². The van der Waals surface area contributed by atoms with Crippen molar-refractivity contribution in [1.29, 1.82) is 0 Å². The fourth-order valence-electron chi connectivity index (χ4n) is 7.19. The average molecular weight is 630 g/mol. The smallest absolute Gasteiger partial charge is 0.145 e. The Bertz CT molecular complexity index is 2830. The molecule has 0 saturated heterocycles. The lowest BCUT2D eigenvalue weighted by atomic mass is 9.94. The van der Waals surface area contributed by atoms with Crippen LogP contribution >= 0.6 is 11.3 Å². The highest BCUT2D eigenvalue weighted by Crippen LogP contribution is 2.43. The largest absolute Gasteiger partial charge is 0.292 e. The van der Waals surface area contributed by atoms with Crippen molar-refractivity contribution in [2.75, 3.05) is 0 Å². The number of hydrogen-bond acceptors (Lipinski definition) is 3. The van der Waals surface area contributed by atoms with Crippen LogP contribution in [0.1, 0.15) is 0 Å². The molecule has 0 amide bonds. The second kappa shape index (κ2) is 10.7. The van der Waals surface area contributed by atoms with E-state index in [9.17, 15) is 0 Å². The summed E-state index contributed by atoms with van der Waals surface area (Å²) in [5, 5.41) is 6.28. The van der Waals surface area contributed by atoms with Crippen molar-refractivity contribution in [3.63, 3.8) is 0 Å². The summed E-state index contributed by atoms with van der Waals surface area (Å²) in [6, 6.07) is 58.2. The Morgan fingerprint density at radius 1 is 0.417 bits per heavy atom. The van der Waals surface area contributed by atoms with E-state index in [0.29, 0.717) is 0 Å². The quantitative estimate of drug-likeness (QED) is 0.181. The summed E-state index contributed by atoms with van der Waals surface area (Å²) in [7, 11) is 0. The summed E-state index contributed by atoms with van der Waals surface area (Å²) in [4.78, 5) is 10.3. The maximum Gasteiger partial charge on any atom is 0.145 e. The molecule has 0 aliphatic carbocycles. The van der Waals surface area contributed by atoms with Crippen LogP contribution in [0.15, 0.2) is 164 Å². The van der Waals surface area contributed by atoms with Gasteiger partial charge in [-0.15, -0.1) is 11.3 Å². The zero-order chi connectivity index (χ0) is 31.6. The predicted molar refractivity (Wildman–Crippen MR) is 203 cm³/mol. The molecule has 0 spiro atoms. The van der Waals surface area contributed by atoms with Gasteiger partial charge in [0.1, 0.15) is 5.82 Å². The van der Waals surface area contributed by atoms with Crippen LogP contribution in [0.3, 0.4) is 0 Å². The van der Waals surface area contributed by atoms with Gasteiger partial charge < -0.3 is 0 Å². The number of fused-ring (bicyclic) bond motifs is 8. The molecule has 3 heterocycles. The molecule has 3 aromatic heterocycles. The number of rotatable bonds is 4.